The van der Waals surface area contributed by atoms with E-state index in [0.29, 0.717) is 5.75 Å². The normalized spacial score (nSPS) is 10.0. The third-order valence-electron chi connectivity index (χ3n) is 1.72. The van der Waals surface area contributed by atoms with Gasteiger partial charge in [0.1, 0.15) is 5.51 Å². The fraction of sp³-hybridized carbons (Fsp3) is 0.100. The van der Waals surface area contributed by atoms with Crippen LogP contribution in [0.2, 0.25) is 0 Å². The molecule has 1 aromatic heterocycles. The zero-order valence-electron chi connectivity index (χ0n) is 8.29. The monoisotopic (exact) mass is 251 g/mol. The Labute approximate surface area is 101 Å². The van der Waals surface area contributed by atoms with Crippen molar-refractivity contribution < 1.29 is 4.79 Å². The van der Waals surface area contributed by atoms with Gasteiger partial charge in [-0.25, -0.2) is 0 Å². The summed E-state index contributed by atoms with van der Waals surface area (Å²) in [5, 5.41) is 10.3. The van der Waals surface area contributed by atoms with Crippen molar-refractivity contribution in [3.05, 3.63) is 35.8 Å². The molecular weight excluding hydrogens is 242 g/mol. The highest BCUT2D eigenvalue weighted by Gasteiger charge is 2.04. The molecule has 6 heteroatoms. The number of carbonyl (C=O) groups excluding carboxylic acids is 1. The van der Waals surface area contributed by atoms with Gasteiger partial charge in [-0.3, -0.25) is 4.79 Å². The highest BCUT2D eigenvalue weighted by Crippen LogP contribution is 2.18. The number of anilines is 1. The first kappa shape index (κ1) is 11.1. The van der Waals surface area contributed by atoms with Crippen LogP contribution in [-0.2, 0) is 4.79 Å². The molecule has 4 nitrogen and oxygen atoms in total. The van der Waals surface area contributed by atoms with Gasteiger partial charge in [0.15, 0.2) is 4.34 Å². The van der Waals surface area contributed by atoms with Crippen LogP contribution < -0.4 is 5.32 Å². The van der Waals surface area contributed by atoms with E-state index in [-0.39, 0.29) is 5.91 Å². The van der Waals surface area contributed by atoms with Crippen LogP contribution in [0.3, 0.4) is 0 Å². The van der Waals surface area contributed by atoms with Gasteiger partial charge in [0.2, 0.25) is 5.91 Å². The number of aromatic nitrogens is 2. The molecule has 0 radical (unpaired) electrons. The van der Waals surface area contributed by atoms with Gasteiger partial charge in [-0.05, 0) is 12.1 Å². The molecule has 16 heavy (non-hydrogen) atoms. The van der Waals surface area contributed by atoms with Crippen LogP contribution in [0.4, 0.5) is 5.69 Å². The molecule has 1 heterocycles. The first-order chi connectivity index (χ1) is 7.84. The second-order valence-corrected chi connectivity index (χ2v) is 4.96. The Kier molecular flexibility index (Phi) is 3.90. The van der Waals surface area contributed by atoms with Crippen LogP contribution in [0.25, 0.3) is 0 Å². The lowest BCUT2D eigenvalue weighted by Gasteiger charge is -2.02. The molecule has 0 spiro atoms. The number of nitrogens with one attached hydrogen (secondary N) is 1. The van der Waals surface area contributed by atoms with Gasteiger partial charge in [0.25, 0.3) is 0 Å². The topological polar surface area (TPSA) is 54.9 Å². The van der Waals surface area contributed by atoms with Crippen molar-refractivity contribution in [3.63, 3.8) is 0 Å². The van der Waals surface area contributed by atoms with Gasteiger partial charge in [-0.15, -0.1) is 10.2 Å². The van der Waals surface area contributed by atoms with E-state index >= 15 is 0 Å². The summed E-state index contributed by atoms with van der Waals surface area (Å²) in [5.41, 5.74) is 2.46. The summed E-state index contributed by atoms with van der Waals surface area (Å²) in [6.07, 6.45) is 0. The smallest absolute Gasteiger partial charge is 0.234 e. The van der Waals surface area contributed by atoms with Crippen molar-refractivity contribution in [2.45, 2.75) is 4.34 Å². The van der Waals surface area contributed by atoms with E-state index in [1.165, 1.54) is 23.1 Å². The number of para-hydroxylation sites is 1. The second kappa shape index (κ2) is 5.62. The fourth-order valence-electron chi connectivity index (χ4n) is 1.07. The first-order valence-electron chi connectivity index (χ1n) is 4.58. The van der Waals surface area contributed by atoms with Gasteiger partial charge < -0.3 is 5.32 Å². The zero-order chi connectivity index (χ0) is 11.2. The van der Waals surface area contributed by atoms with Crippen molar-refractivity contribution >= 4 is 34.7 Å². The number of thioether (sulfide) groups is 1. The molecule has 2 aromatic rings. The third-order valence-corrected chi connectivity index (χ3v) is 3.58. The van der Waals surface area contributed by atoms with Gasteiger partial charge in [0, 0.05) is 5.69 Å². The summed E-state index contributed by atoms with van der Waals surface area (Å²) in [7, 11) is 0. The van der Waals surface area contributed by atoms with E-state index in [9.17, 15) is 4.79 Å². The molecule has 0 unspecified atom stereocenters. The number of amides is 1. The molecule has 0 bridgehead atoms. The molecule has 0 saturated carbocycles. The maximum Gasteiger partial charge on any atom is 0.234 e. The molecule has 82 valence electrons. The summed E-state index contributed by atoms with van der Waals surface area (Å²) < 4.78 is 0.809. The minimum atomic E-state index is -0.0357. The predicted octanol–water partition coefficient (Wildman–Crippen LogP) is 2.27. The highest BCUT2D eigenvalue weighted by molar-refractivity contribution is 8.01. The Morgan fingerprint density at radius 2 is 2.19 bits per heavy atom. The fourth-order valence-corrected chi connectivity index (χ4v) is 2.36. The molecule has 0 atom stereocenters. The van der Waals surface area contributed by atoms with Gasteiger partial charge in [-0.1, -0.05) is 41.3 Å². The van der Waals surface area contributed by atoms with Crippen molar-refractivity contribution in [1.82, 2.24) is 10.2 Å². The number of hydrogen-bond donors (Lipinski definition) is 1. The Morgan fingerprint density at radius 3 is 2.88 bits per heavy atom. The maximum atomic E-state index is 11.5. The molecule has 0 aliphatic heterocycles. The summed E-state index contributed by atoms with van der Waals surface area (Å²) in [6.45, 7) is 0. The summed E-state index contributed by atoms with van der Waals surface area (Å²) in [4.78, 5) is 11.5. The number of nitrogens with zero attached hydrogens (tertiary/aromatic N) is 2. The summed E-state index contributed by atoms with van der Waals surface area (Å²) in [5.74, 6) is 0.316. The molecule has 1 N–H and O–H groups in total. The largest absolute Gasteiger partial charge is 0.325 e. The molecule has 0 fully saturated rings. The predicted molar refractivity (Wildman–Crippen MR) is 65.7 cm³/mol. The Morgan fingerprint density at radius 1 is 1.38 bits per heavy atom. The van der Waals surface area contributed by atoms with Crippen LogP contribution in [-0.4, -0.2) is 21.9 Å². The molecular formula is C10H9N3OS2. The van der Waals surface area contributed by atoms with E-state index in [1.807, 2.05) is 30.3 Å². The summed E-state index contributed by atoms with van der Waals surface area (Å²) >= 11 is 2.82. The highest BCUT2D eigenvalue weighted by atomic mass is 32.2. The van der Waals surface area contributed by atoms with Crippen LogP contribution in [0, 0.1) is 0 Å². The Bertz CT molecular complexity index is 444. The molecule has 2 rings (SSSR count). The lowest BCUT2D eigenvalue weighted by Crippen LogP contribution is -2.13. The molecule has 1 amide bonds. The average Bonchev–Trinajstić information content (AvgIpc) is 2.81. The van der Waals surface area contributed by atoms with Gasteiger partial charge >= 0.3 is 0 Å². The number of hydrogen-bond acceptors (Lipinski definition) is 5. The average molecular weight is 251 g/mol. The molecule has 0 aliphatic carbocycles. The van der Waals surface area contributed by atoms with Crippen molar-refractivity contribution in [1.29, 1.82) is 0 Å². The van der Waals surface area contributed by atoms with Gasteiger partial charge in [-0.2, -0.15) is 0 Å². The van der Waals surface area contributed by atoms with Crippen molar-refractivity contribution in [2.75, 3.05) is 11.1 Å². The van der Waals surface area contributed by atoms with Crippen LogP contribution in [0.15, 0.2) is 40.2 Å². The van der Waals surface area contributed by atoms with Crippen molar-refractivity contribution in [2.24, 2.45) is 0 Å². The van der Waals surface area contributed by atoms with Crippen LogP contribution in [0.1, 0.15) is 0 Å². The Hall–Kier alpha value is -1.40. The molecule has 1 aromatic carbocycles. The van der Waals surface area contributed by atoms with E-state index in [1.54, 1.807) is 5.51 Å². The lowest BCUT2D eigenvalue weighted by atomic mass is 10.3. The maximum absolute atomic E-state index is 11.5. The quantitative estimate of drug-likeness (QED) is 0.847. The minimum Gasteiger partial charge on any atom is -0.325 e. The van der Waals surface area contributed by atoms with E-state index in [0.717, 1.165) is 10.0 Å². The molecule has 0 aliphatic rings. The first-order valence-corrected chi connectivity index (χ1v) is 6.45. The standard InChI is InChI=1S/C10H9N3OS2/c14-9(6-15-10-13-11-7-16-10)12-8-4-2-1-3-5-8/h1-5,7H,6H2,(H,12,14). The van der Waals surface area contributed by atoms with Crippen LogP contribution >= 0.6 is 23.1 Å². The minimum absolute atomic E-state index is 0.0357. The third kappa shape index (κ3) is 3.32. The number of carbonyl (C=O) groups is 1. The second-order valence-electron chi connectivity index (χ2n) is 2.91. The SMILES string of the molecule is O=C(CSc1nncs1)Nc1ccccc1. The Balaban J connectivity index is 1.81. The lowest BCUT2D eigenvalue weighted by molar-refractivity contribution is -0.113. The number of rotatable bonds is 4. The zero-order valence-corrected chi connectivity index (χ0v) is 9.92. The number of benzene rings is 1. The van der Waals surface area contributed by atoms with E-state index in [2.05, 4.69) is 15.5 Å². The van der Waals surface area contributed by atoms with Crippen LogP contribution in [0.5, 0.6) is 0 Å². The summed E-state index contributed by atoms with van der Waals surface area (Å²) in [6, 6.07) is 9.38. The van der Waals surface area contributed by atoms with Gasteiger partial charge in [0.05, 0.1) is 5.75 Å². The van der Waals surface area contributed by atoms with Crippen molar-refractivity contribution in [3.8, 4) is 0 Å². The molecule has 0 saturated heterocycles. The van der Waals surface area contributed by atoms with E-state index < -0.39 is 0 Å². The van der Waals surface area contributed by atoms with E-state index in [4.69, 9.17) is 0 Å².